The summed E-state index contributed by atoms with van der Waals surface area (Å²) in [5, 5.41) is 41.9. The number of fused-ring (bicyclic) bond motifs is 5. The van der Waals surface area contributed by atoms with Gasteiger partial charge in [0.05, 0.1) is 38.5 Å². The van der Waals surface area contributed by atoms with Crippen molar-refractivity contribution < 1.29 is 58.6 Å². The van der Waals surface area contributed by atoms with Crippen LogP contribution in [0.1, 0.15) is 199 Å². The monoisotopic (exact) mass is 1120 g/mol. The summed E-state index contributed by atoms with van der Waals surface area (Å²) in [4.78, 5) is 51.3. The molecule has 0 saturated heterocycles. The van der Waals surface area contributed by atoms with Gasteiger partial charge in [0.15, 0.2) is 11.5 Å². The molecular weight excluding hydrogens is 1040 g/mol. The van der Waals surface area contributed by atoms with Gasteiger partial charge in [-0.2, -0.15) is 0 Å². The Morgan fingerprint density at radius 2 is 1.08 bits per heavy atom. The third kappa shape index (κ3) is 12.0. The third-order valence-electron chi connectivity index (χ3n) is 19.6. The molecule has 4 saturated carbocycles. The van der Waals surface area contributed by atoms with Crippen molar-refractivity contribution in [2.45, 2.75) is 137 Å². The molecular formula is C65H80Cl2O12. The first-order valence-corrected chi connectivity index (χ1v) is 29.1. The lowest BCUT2D eigenvalue weighted by atomic mass is 9.44. The molecule has 4 aromatic rings. The first-order valence-electron chi connectivity index (χ1n) is 28.4. The van der Waals surface area contributed by atoms with E-state index in [1.807, 2.05) is 0 Å². The van der Waals surface area contributed by atoms with Gasteiger partial charge in [0.2, 0.25) is 0 Å². The Morgan fingerprint density at radius 3 is 1.56 bits per heavy atom. The second-order valence-electron chi connectivity index (χ2n) is 24.3. The minimum atomic E-state index is -1.27. The van der Waals surface area contributed by atoms with E-state index in [-0.39, 0.29) is 68.1 Å². The summed E-state index contributed by atoms with van der Waals surface area (Å²) in [6, 6.07) is 12.6. The molecule has 4 aliphatic rings. The minimum absolute atomic E-state index is 0.00909. The minimum Gasteiger partial charge on any atom is -0.496 e. The molecule has 1 unspecified atom stereocenters. The quantitative estimate of drug-likeness (QED) is 0.0584. The molecule has 4 fully saturated rings. The number of benzene rings is 4. The van der Waals surface area contributed by atoms with E-state index in [1.54, 1.807) is 24.3 Å². The van der Waals surface area contributed by atoms with Crippen molar-refractivity contribution >= 4 is 52.7 Å². The lowest BCUT2D eigenvalue weighted by Gasteiger charge is -2.61. The summed E-state index contributed by atoms with van der Waals surface area (Å²) < 4.78 is 22.2. The summed E-state index contributed by atoms with van der Waals surface area (Å²) in [6.45, 7) is 12.5. The number of carboxylic acids is 4. The second kappa shape index (κ2) is 24.6. The Balaban J connectivity index is 1.15. The number of halogens is 2. The van der Waals surface area contributed by atoms with Crippen molar-refractivity contribution in [2.75, 3.05) is 28.4 Å². The Morgan fingerprint density at radius 1 is 0.595 bits per heavy atom. The SMILES string of the molecule is COc1c(Cl)cc(Cc2cc(C(=CCC[C@H]3CC[C@@]4(C)C(CC[C@H]5[C@@H]6CC[C@H]([C@H](C)CCCC(C)C)[C@@]6(C)CC[C@@H]54)C3)c3cc(Cc4cc(Cl)c(OC)c(C(=O)O)c4)c(OC)c(C(=O)O)c3)cc(C(=O)O)c2OC)cc1C(=O)O. The maximum atomic E-state index is 13.3. The lowest BCUT2D eigenvalue weighted by Crippen LogP contribution is -2.53. The van der Waals surface area contributed by atoms with Crippen LogP contribution in [-0.4, -0.2) is 72.7 Å². The summed E-state index contributed by atoms with van der Waals surface area (Å²) in [5.41, 5.74) is 3.30. The van der Waals surface area contributed by atoms with Crippen LogP contribution < -0.4 is 18.9 Å². The Bertz CT molecular complexity index is 2850. The number of carboxylic acid groups (broad SMARTS) is 4. The molecule has 426 valence electrons. The van der Waals surface area contributed by atoms with Crippen molar-refractivity contribution in [3.8, 4) is 23.0 Å². The normalized spacial score (nSPS) is 24.6. The average Bonchev–Trinajstić information content (AvgIpc) is 3.83. The zero-order valence-corrected chi connectivity index (χ0v) is 49.0. The molecule has 12 nitrogen and oxygen atoms in total. The van der Waals surface area contributed by atoms with E-state index in [0.717, 1.165) is 54.8 Å². The molecule has 0 aliphatic heterocycles. The predicted molar refractivity (Wildman–Crippen MR) is 308 cm³/mol. The first-order chi connectivity index (χ1) is 37.6. The Hall–Kier alpha value is -5.72. The van der Waals surface area contributed by atoms with E-state index in [4.69, 9.17) is 42.1 Å². The van der Waals surface area contributed by atoms with Crippen LogP contribution in [-0.2, 0) is 12.8 Å². The molecule has 9 atom stereocenters. The standard InChI is InChI=1S/C65H80Cl2O12/c1-35(2)12-10-13-36(3)51-18-19-52-46-17-16-44-26-37(20-22-64(44,4)53(46)21-23-65(51,52)5)14-11-15-45(40-31-42(56(76-6)49(33-40)62(72)73)24-38-27-47(60(68)69)58(78-8)54(66)29-38)41-32-43(57(77-7)50(34-41)63(74)75)25-39-28-48(61(70)71)59(79-9)55(67)30-39/h15,27-37,44,46,51-53H,10-14,16-26H2,1-9H3,(H,68,69)(H,70,71)(H,72,73)(H,74,75)/t36-,37+,44?,46+,51-,52+,53+,64+,65-/m1/s1. The van der Waals surface area contributed by atoms with Crippen molar-refractivity contribution in [3.63, 3.8) is 0 Å². The number of methoxy groups -OCH3 is 4. The van der Waals surface area contributed by atoms with Crippen LogP contribution in [0.3, 0.4) is 0 Å². The van der Waals surface area contributed by atoms with Crippen molar-refractivity contribution in [1.29, 1.82) is 0 Å². The zero-order chi connectivity index (χ0) is 57.2. The molecule has 0 spiro atoms. The van der Waals surface area contributed by atoms with Crippen molar-refractivity contribution in [3.05, 3.63) is 120 Å². The van der Waals surface area contributed by atoms with Crippen LogP contribution in [0.4, 0.5) is 0 Å². The van der Waals surface area contributed by atoms with Gasteiger partial charge < -0.3 is 39.4 Å². The van der Waals surface area contributed by atoms with Crippen LogP contribution in [0.25, 0.3) is 5.57 Å². The van der Waals surface area contributed by atoms with Crippen LogP contribution in [0.2, 0.25) is 10.0 Å². The summed E-state index contributed by atoms with van der Waals surface area (Å²) in [6.07, 6.45) is 19.0. The van der Waals surface area contributed by atoms with Crippen LogP contribution in [0, 0.1) is 58.2 Å². The van der Waals surface area contributed by atoms with E-state index in [9.17, 15) is 39.6 Å². The molecule has 0 aromatic heterocycles. The van der Waals surface area contributed by atoms with Gasteiger partial charge in [-0.15, -0.1) is 0 Å². The van der Waals surface area contributed by atoms with Crippen molar-refractivity contribution in [1.82, 2.24) is 0 Å². The van der Waals surface area contributed by atoms with Crippen LogP contribution >= 0.6 is 23.2 Å². The first kappa shape index (κ1) is 59.4. The van der Waals surface area contributed by atoms with E-state index in [0.29, 0.717) is 68.0 Å². The second-order valence-corrected chi connectivity index (χ2v) is 25.2. The summed E-state index contributed by atoms with van der Waals surface area (Å²) >= 11 is 13.2. The van der Waals surface area contributed by atoms with Crippen LogP contribution in [0.15, 0.2) is 54.6 Å². The molecule has 0 radical (unpaired) electrons. The number of hydrogen-bond donors (Lipinski definition) is 4. The van der Waals surface area contributed by atoms with Gasteiger partial charge in [-0.05, 0) is 216 Å². The molecule has 14 heteroatoms. The van der Waals surface area contributed by atoms with E-state index >= 15 is 0 Å². The molecule has 4 aliphatic carbocycles. The fraction of sp³-hybridized carbons (Fsp3) is 0.538. The van der Waals surface area contributed by atoms with Gasteiger partial charge in [0, 0.05) is 12.8 Å². The number of carbonyl (C=O) groups is 4. The fourth-order valence-corrected chi connectivity index (χ4v) is 16.6. The number of allylic oxidation sites excluding steroid dienone is 1. The zero-order valence-electron chi connectivity index (χ0n) is 47.4. The maximum Gasteiger partial charge on any atom is 0.339 e. The number of hydrogen-bond acceptors (Lipinski definition) is 8. The maximum absolute atomic E-state index is 13.3. The highest BCUT2D eigenvalue weighted by molar-refractivity contribution is 6.33. The van der Waals surface area contributed by atoms with E-state index < -0.39 is 23.9 Å². The molecule has 0 heterocycles. The molecule has 79 heavy (non-hydrogen) atoms. The summed E-state index contributed by atoms with van der Waals surface area (Å²) in [7, 11) is 5.40. The number of aromatic carboxylic acids is 4. The molecule has 0 bridgehead atoms. The highest BCUT2D eigenvalue weighted by Crippen LogP contribution is 2.69. The topological polar surface area (TPSA) is 186 Å². The summed E-state index contributed by atoms with van der Waals surface area (Å²) in [5.74, 6) is 0.861. The molecule has 0 amide bonds. The highest BCUT2D eigenvalue weighted by Gasteiger charge is 2.60. The number of rotatable bonds is 22. The van der Waals surface area contributed by atoms with E-state index in [1.165, 1.54) is 117 Å². The van der Waals surface area contributed by atoms with Crippen LogP contribution in [0.5, 0.6) is 23.0 Å². The van der Waals surface area contributed by atoms with Gasteiger partial charge in [-0.1, -0.05) is 83.2 Å². The molecule has 4 aromatic carbocycles. The van der Waals surface area contributed by atoms with Gasteiger partial charge in [-0.3, -0.25) is 0 Å². The van der Waals surface area contributed by atoms with Gasteiger partial charge in [-0.25, -0.2) is 19.2 Å². The molecule has 4 N–H and O–H groups in total. The largest absolute Gasteiger partial charge is 0.496 e. The fourth-order valence-electron chi connectivity index (χ4n) is 15.9. The highest BCUT2D eigenvalue weighted by atomic mass is 35.5. The average molecular weight is 1120 g/mol. The lowest BCUT2D eigenvalue weighted by molar-refractivity contribution is -0.121. The predicted octanol–water partition coefficient (Wildman–Crippen LogP) is 16.0. The number of ether oxygens (including phenoxy) is 4. The smallest absolute Gasteiger partial charge is 0.339 e. The third-order valence-corrected chi connectivity index (χ3v) is 20.1. The van der Waals surface area contributed by atoms with Crippen molar-refractivity contribution in [2.24, 2.45) is 58.2 Å². The Labute approximate surface area is 476 Å². The van der Waals surface area contributed by atoms with Gasteiger partial charge >= 0.3 is 23.9 Å². The van der Waals surface area contributed by atoms with Gasteiger partial charge in [0.1, 0.15) is 33.8 Å². The molecule has 8 rings (SSSR count). The van der Waals surface area contributed by atoms with E-state index in [2.05, 4.69) is 40.7 Å². The van der Waals surface area contributed by atoms with Gasteiger partial charge in [0.25, 0.3) is 0 Å². The Kier molecular flexibility index (Phi) is 18.5.